The van der Waals surface area contributed by atoms with Gasteiger partial charge in [-0.2, -0.15) is 13.6 Å². The summed E-state index contributed by atoms with van der Waals surface area (Å²) in [6.45, 7) is 1.34. The summed E-state index contributed by atoms with van der Waals surface area (Å²) in [5.74, 6) is -3.21. The smallest absolute Gasteiger partial charge is 0.365 e. The van der Waals surface area contributed by atoms with Crippen LogP contribution in [0, 0.1) is 18.6 Å². The van der Waals surface area contributed by atoms with Gasteiger partial charge in [-0.3, -0.25) is 0 Å². The quantitative estimate of drug-likeness (QED) is 0.808. The van der Waals surface area contributed by atoms with Crippen LogP contribution >= 0.6 is 0 Å². The van der Waals surface area contributed by atoms with Gasteiger partial charge in [0.1, 0.15) is 0 Å². The van der Waals surface area contributed by atoms with Crippen molar-refractivity contribution in [2.45, 2.75) is 6.92 Å². The fourth-order valence-corrected chi connectivity index (χ4v) is 1.21. The van der Waals surface area contributed by atoms with E-state index >= 15 is 0 Å². The molecule has 0 heterocycles. The van der Waals surface area contributed by atoms with Crippen molar-refractivity contribution in [3.05, 3.63) is 29.3 Å². The zero-order valence-corrected chi connectivity index (χ0v) is 7.94. The summed E-state index contributed by atoms with van der Waals surface area (Å²) in [5.41, 5.74) is 0.0602. The molecule has 0 unspecified atom stereocenters. The van der Waals surface area contributed by atoms with Crippen LogP contribution in [0.2, 0.25) is 0 Å². The van der Waals surface area contributed by atoms with Crippen LogP contribution < -0.4 is 9.32 Å². The second-order valence-corrected chi connectivity index (χ2v) is 3.74. The molecule has 0 aliphatic rings. The Morgan fingerprint density at radius 3 is 2.43 bits per heavy atom. The predicted molar refractivity (Wildman–Crippen MR) is 44.8 cm³/mol. The first-order valence-corrected chi connectivity index (χ1v) is 4.95. The Bertz CT molecular complexity index is 458. The van der Waals surface area contributed by atoms with E-state index in [0.717, 1.165) is 12.1 Å². The molecule has 0 aliphatic carbocycles. The minimum Gasteiger partial charge on any atom is -0.365 e. The first-order chi connectivity index (χ1) is 6.31. The average molecular weight is 223 g/mol. The standard InChI is InChI=1S/C7H7F2NO3S/c1-4-2-3-5(8)7(6(4)9)13-14(10,11)12/h2-3H,1H3,(H2,10,11,12). The maximum Gasteiger partial charge on any atom is 0.380 e. The van der Waals surface area contributed by atoms with Gasteiger partial charge < -0.3 is 4.18 Å². The third kappa shape index (κ3) is 2.39. The van der Waals surface area contributed by atoms with Gasteiger partial charge in [-0.05, 0) is 18.6 Å². The maximum absolute atomic E-state index is 13.1. The van der Waals surface area contributed by atoms with Crippen LogP contribution in [0.3, 0.4) is 0 Å². The molecule has 1 rings (SSSR count). The van der Waals surface area contributed by atoms with Crippen molar-refractivity contribution in [1.82, 2.24) is 0 Å². The van der Waals surface area contributed by atoms with E-state index in [1.807, 2.05) is 0 Å². The molecule has 0 atom stereocenters. The van der Waals surface area contributed by atoms with E-state index in [-0.39, 0.29) is 5.56 Å². The van der Waals surface area contributed by atoms with Crippen LogP contribution in [0.4, 0.5) is 8.78 Å². The lowest BCUT2D eigenvalue weighted by atomic mass is 10.2. The molecule has 78 valence electrons. The lowest BCUT2D eigenvalue weighted by molar-refractivity contribution is 0.433. The Balaban J connectivity index is 3.27. The Morgan fingerprint density at radius 2 is 1.93 bits per heavy atom. The van der Waals surface area contributed by atoms with Gasteiger partial charge in [0.2, 0.25) is 5.75 Å². The summed E-state index contributed by atoms with van der Waals surface area (Å²) in [7, 11) is -4.42. The van der Waals surface area contributed by atoms with E-state index in [0.29, 0.717) is 0 Å². The van der Waals surface area contributed by atoms with Crippen LogP contribution in [0.1, 0.15) is 5.56 Å². The molecular formula is C7H7F2NO3S. The van der Waals surface area contributed by atoms with Crippen molar-refractivity contribution in [3.8, 4) is 5.75 Å². The van der Waals surface area contributed by atoms with Crippen LogP contribution in [0.25, 0.3) is 0 Å². The molecule has 0 aliphatic heterocycles. The number of hydrogen-bond acceptors (Lipinski definition) is 3. The lowest BCUT2D eigenvalue weighted by Crippen LogP contribution is -2.20. The fourth-order valence-electron chi connectivity index (χ4n) is 0.823. The molecule has 0 fully saturated rings. The molecule has 0 spiro atoms. The van der Waals surface area contributed by atoms with Gasteiger partial charge in [-0.25, -0.2) is 8.78 Å². The molecule has 2 N–H and O–H groups in total. The Labute approximate surface area is 79.6 Å². The first kappa shape index (κ1) is 10.9. The van der Waals surface area contributed by atoms with E-state index in [9.17, 15) is 17.2 Å². The first-order valence-electron chi connectivity index (χ1n) is 3.48. The number of rotatable bonds is 2. The van der Waals surface area contributed by atoms with Gasteiger partial charge in [0.15, 0.2) is 11.6 Å². The van der Waals surface area contributed by atoms with Crippen LogP contribution in [0.15, 0.2) is 12.1 Å². The van der Waals surface area contributed by atoms with Crippen molar-refractivity contribution in [1.29, 1.82) is 0 Å². The Kier molecular flexibility index (Phi) is 2.72. The molecule has 0 saturated heterocycles. The maximum atomic E-state index is 13.1. The molecule has 0 aromatic heterocycles. The van der Waals surface area contributed by atoms with Gasteiger partial charge >= 0.3 is 10.3 Å². The highest BCUT2D eigenvalue weighted by Crippen LogP contribution is 2.24. The van der Waals surface area contributed by atoms with Gasteiger partial charge in [0.05, 0.1) is 0 Å². The molecule has 14 heavy (non-hydrogen) atoms. The van der Waals surface area contributed by atoms with Crippen LogP contribution in [0.5, 0.6) is 5.75 Å². The summed E-state index contributed by atoms with van der Waals surface area (Å²) in [6.07, 6.45) is 0. The second-order valence-electron chi connectivity index (χ2n) is 2.58. The topological polar surface area (TPSA) is 69.4 Å². The highest BCUT2D eigenvalue weighted by Gasteiger charge is 2.17. The second kappa shape index (κ2) is 3.50. The minimum atomic E-state index is -4.42. The molecule has 0 amide bonds. The SMILES string of the molecule is Cc1ccc(F)c(OS(N)(=O)=O)c1F. The highest BCUT2D eigenvalue weighted by atomic mass is 32.2. The van der Waals surface area contributed by atoms with Gasteiger partial charge in [-0.15, -0.1) is 0 Å². The third-order valence-corrected chi connectivity index (χ3v) is 1.84. The predicted octanol–water partition coefficient (Wildman–Crippen LogP) is 0.856. The van der Waals surface area contributed by atoms with Crippen molar-refractivity contribution >= 4 is 10.3 Å². The minimum absolute atomic E-state index is 0.0602. The summed E-state index contributed by atoms with van der Waals surface area (Å²) >= 11 is 0. The lowest BCUT2D eigenvalue weighted by Gasteiger charge is -2.06. The molecule has 4 nitrogen and oxygen atoms in total. The van der Waals surface area contributed by atoms with E-state index in [2.05, 4.69) is 9.32 Å². The zero-order chi connectivity index (χ0) is 10.9. The Hall–Kier alpha value is -1.21. The highest BCUT2D eigenvalue weighted by molar-refractivity contribution is 7.84. The van der Waals surface area contributed by atoms with Gasteiger partial charge in [-0.1, -0.05) is 6.07 Å². The van der Waals surface area contributed by atoms with Crippen molar-refractivity contribution in [2.24, 2.45) is 5.14 Å². The van der Waals surface area contributed by atoms with Gasteiger partial charge in [0, 0.05) is 0 Å². The van der Waals surface area contributed by atoms with E-state index < -0.39 is 27.7 Å². The fraction of sp³-hybridized carbons (Fsp3) is 0.143. The number of nitrogens with two attached hydrogens (primary N) is 1. The van der Waals surface area contributed by atoms with Crippen LogP contribution in [-0.4, -0.2) is 8.42 Å². The molecular weight excluding hydrogens is 216 g/mol. The van der Waals surface area contributed by atoms with E-state index in [4.69, 9.17) is 0 Å². The largest absolute Gasteiger partial charge is 0.380 e. The monoisotopic (exact) mass is 223 g/mol. The van der Waals surface area contributed by atoms with Crippen molar-refractivity contribution in [2.75, 3.05) is 0 Å². The van der Waals surface area contributed by atoms with Crippen molar-refractivity contribution < 1.29 is 21.4 Å². The molecule has 0 bridgehead atoms. The summed E-state index contributed by atoms with van der Waals surface area (Å²) in [5, 5.41) is 4.47. The van der Waals surface area contributed by atoms with Gasteiger partial charge in [0.25, 0.3) is 0 Å². The summed E-state index contributed by atoms with van der Waals surface area (Å²) in [6, 6.07) is 2.04. The molecule has 0 radical (unpaired) electrons. The number of aryl methyl sites for hydroxylation is 1. The molecule has 0 saturated carbocycles. The van der Waals surface area contributed by atoms with Crippen molar-refractivity contribution in [3.63, 3.8) is 0 Å². The molecule has 1 aromatic rings. The van der Waals surface area contributed by atoms with E-state index in [1.54, 1.807) is 0 Å². The van der Waals surface area contributed by atoms with E-state index in [1.165, 1.54) is 6.92 Å². The molecule has 1 aromatic carbocycles. The number of hydrogen-bond donors (Lipinski definition) is 1. The average Bonchev–Trinajstić information content (AvgIpc) is 2.04. The summed E-state index contributed by atoms with van der Waals surface area (Å²) < 4.78 is 50.8. The number of benzene rings is 1. The zero-order valence-electron chi connectivity index (χ0n) is 7.12. The normalized spacial score (nSPS) is 11.4. The van der Waals surface area contributed by atoms with Crippen LogP contribution in [-0.2, 0) is 10.3 Å². The third-order valence-electron chi connectivity index (χ3n) is 1.44. The molecule has 7 heteroatoms. The number of halogens is 2. The summed E-state index contributed by atoms with van der Waals surface area (Å²) in [4.78, 5) is 0. The Morgan fingerprint density at radius 1 is 1.36 bits per heavy atom.